The first-order valence-electron chi connectivity index (χ1n) is 11.1. The molecule has 0 spiro atoms. The lowest BCUT2D eigenvalue weighted by Crippen LogP contribution is -2.22. The Hall–Kier alpha value is -2.90. The minimum absolute atomic E-state index is 0.869. The van der Waals surface area contributed by atoms with Gasteiger partial charge in [0.1, 0.15) is 0 Å². The van der Waals surface area contributed by atoms with Gasteiger partial charge >= 0.3 is 0 Å². The van der Waals surface area contributed by atoms with Gasteiger partial charge in [-0.05, 0) is 87.9 Å². The molecule has 0 N–H and O–H groups in total. The first-order chi connectivity index (χ1) is 15.2. The van der Waals surface area contributed by atoms with Crippen molar-refractivity contribution >= 4 is 35.5 Å². The average molecular weight is 424 g/mol. The summed E-state index contributed by atoms with van der Waals surface area (Å²) in [7, 11) is 0. The largest absolute Gasteiger partial charge is 0.269 e. The molecule has 0 atom stereocenters. The van der Waals surface area contributed by atoms with E-state index < -0.39 is 0 Å². The fourth-order valence-electron chi connectivity index (χ4n) is 4.93. The maximum Gasteiger partial charge on any atom is 0.0481 e. The first-order valence-corrected chi connectivity index (χ1v) is 11.5. The van der Waals surface area contributed by atoms with Crippen LogP contribution in [-0.2, 0) is 19.3 Å². The lowest BCUT2D eigenvalue weighted by Gasteiger charge is -2.19. The fraction of sp³-hybridized carbons (Fsp3) is 0.207. The van der Waals surface area contributed by atoms with Gasteiger partial charge in [-0.1, -0.05) is 71.8 Å². The zero-order valence-electron chi connectivity index (χ0n) is 17.9. The molecule has 1 heterocycles. The Kier molecular flexibility index (Phi) is 5.61. The van der Waals surface area contributed by atoms with Gasteiger partial charge in [0.25, 0.3) is 0 Å². The molecule has 3 aromatic carbocycles. The maximum absolute atomic E-state index is 6.34. The number of hydrogen-bond donors (Lipinski definition) is 0. The molecule has 3 aliphatic rings. The number of nitrogens with zero attached hydrogens (tertiary/aromatic N) is 1. The summed E-state index contributed by atoms with van der Waals surface area (Å²) in [6, 6.07) is 19.2. The summed E-state index contributed by atoms with van der Waals surface area (Å²) in [5.41, 5.74) is 7.28. The van der Waals surface area contributed by atoms with Crippen molar-refractivity contribution in [2.24, 2.45) is 4.99 Å². The lowest BCUT2D eigenvalue weighted by atomic mass is 9.86. The molecule has 0 aromatic heterocycles. The average Bonchev–Trinajstić information content (AvgIpc) is 3.05. The van der Waals surface area contributed by atoms with E-state index in [4.69, 9.17) is 11.6 Å². The van der Waals surface area contributed by atoms with Gasteiger partial charge in [-0.15, -0.1) is 0 Å². The predicted molar refractivity (Wildman–Crippen MR) is 133 cm³/mol. The van der Waals surface area contributed by atoms with E-state index in [1.54, 1.807) is 11.1 Å². The van der Waals surface area contributed by atoms with E-state index in [0.29, 0.717) is 0 Å². The molecule has 2 aliphatic carbocycles. The molecule has 1 aliphatic heterocycles. The minimum atomic E-state index is 0.869. The van der Waals surface area contributed by atoms with Gasteiger partial charge in [0.15, 0.2) is 0 Å². The standard InChI is InChI=1S/C19H17Cl.C10H9N/c1-12-4-2-5-14-13(12)8-9-17-15-6-3-7-19(20)18(15)11-10-16(14)17;1-2-4-10-6-8-11-7-5-9(10)3-1/h3,6-9,11H,2,4-5,10H2,1H3;1-5,7-8H,6H2. The number of rotatable bonds is 0. The molecule has 2 heteroatoms. The molecular formula is C29H26ClN. The molecule has 154 valence electrons. The molecule has 6 rings (SSSR count). The molecule has 0 saturated carbocycles. The molecule has 31 heavy (non-hydrogen) atoms. The second kappa shape index (κ2) is 8.69. The Bertz CT molecular complexity index is 1430. The Morgan fingerprint density at radius 2 is 1.68 bits per heavy atom. The van der Waals surface area contributed by atoms with Crippen LogP contribution in [0.15, 0.2) is 65.8 Å². The van der Waals surface area contributed by atoms with Crippen LogP contribution in [0, 0.1) is 10.4 Å². The smallest absolute Gasteiger partial charge is 0.0481 e. The molecule has 0 amide bonds. The van der Waals surface area contributed by atoms with E-state index in [1.807, 2.05) is 24.6 Å². The van der Waals surface area contributed by atoms with Gasteiger partial charge in [0, 0.05) is 23.9 Å². The van der Waals surface area contributed by atoms with Crippen LogP contribution in [0.25, 0.3) is 17.7 Å². The SMILES string of the molecule is C1=Cc2ccccc2CC=N1.CC1=c2ccc3c(c2CCC1)CC=c1c(Cl)cccc1=3. The molecule has 0 fully saturated rings. The zero-order chi connectivity index (χ0) is 21.2. The van der Waals surface area contributed by atoms with E-state index in [-0.39, 0.29) is 0 Å². The zero-order valence-corrected chi connectivity index (χ0v) is 18.6. The highest BCUT2D eigenvalue weighted by Gasteiger charge is 2.14. The molecule has 3 aromatic rings. The monoisotopic (exact) mass is 423 g/mol. The van der Waals surface area contributed by atoms with Crippen LogP contribution >= 0.6 is 11.6 Å². The minimum Gasteiger partial charge on any atom is -0.269 e. The summed E-state index contributed by atoms with van der Waals surface area (Å²) in [5, 5.41) is 6.25. The van der Waals surface area contributed by atoms with E-state index in [9.17, 15) is 0 Å². The van der Waals surface area contributed by atoms with E-state index in [2.05, 4.69) is 66.5 Å². The van der Waals surface area contributed by atoms with E-state index in [1.165, 1.54) is 56.8 Å². The Morgan fingerprint density at radius 3 is 2.61 bits per heavy atom. The third kappa shape index (κ3) is 3.91. The van der Waals surface area contributed by atoms with Gasteiger partial charge in [0.05, 0.1) is 0 Å². The molecule has 0 unspecified atom stereocenters. The Morgan fingerprint density at radius 1 is 0.806 bits per heavy atom. The molecule has 0 radical (unpaired) electrons. The van der Waals surface area contributed by atoms with Crippen molar-refractivity contribution in [1.82, 2.24) is 0 Å². The van der Waals surface area contributed by atoms with Crippen molar-refractivity contribution in [3.8, 4) is 0 Å². The van der Waals surface area contributed by atoms with Crippen LogP contribution in [-0.4, -0.2) is 6.21 Å². The number of fused-ring (bicyclic) bond motifs is 5. The van der Waals surface area contributed by atoms with Gasteiger partial charge in [0.2, 0.25) is 0 Å². The van der Waals surface area contributed by atoms with Crippen molar-refractivity contribution < 1.29 is 0 Å². The predicted octanol–water partition coefficient (Wildman–Crippen LogP) is 5.75. The summed E-state index contributed by atoms with van der Waals surface area (Å²) in [4.78, 5) is 4.08. The van der Waals surface area contributed by atoms with Gasteiger partial charge in [-0.25, -0.2) is 0 Å². The molecule has 0 saturated heterocycles. The third-order valence-electron chi connectivity index (χ3n) is 6.53. The molecule has 1 nitrogen and oxygen atoms in total. The quantitative estimate of drug-likeness (QED) is 0.436. The highest BCUT2D eigenvalue weighted by molar-refractivity contribution is 6.30. The number of aliphatic imine (C=N–C) groups is 1. The summed E-state index contributed by atoms with van der Waals surface area (Å²) in [6.07, 6.45) is 13.8. The van der Waals surface area contributed by atoms with Crippen molar-refractivity contribution in [2.45, 2.75) is 39.0 Å². The summed E-state index contributed by atoms with van der Waals surface area (Å²) < 4.78 is 0. The van der Waals surface area contributed by atoms with Crippen LogP contribution in [0.4, 0.5) is 0 Å². The lowest BCUT2D eigenvalue weighted by molar-refractivity contribution is 0.805. The van der Waals surface area contributed by atoms with Gasteiger partial charge in [-0.3, -0.25) is 4.99 Å². The van der Waals surface area contributed by atoms with Crippen molar-refractivity contribution in [3.05, 3.63) is 109 Å². The Labute approximate surface area is 188 Å². The molecule has 0 bridgehead atoms. The first kappa shape index (κ1) is 20.0. The van der Waals surface area contributed by atoms with E-state index >= 15 is 0 Å². The summed E-state index contributed by atoms with van der Waals surface area (Å²) in [5.74, 6) is 0. The van der Waals surface area contributed by atoms with Gasteiger partial charge in [-0.2, -0.15) is 0 Å². The van der Waals surface area contributed by atoms with Crippen LogP contribution in [0.5, 0.6) is 0 Å². The highest BCUT2D eigenvalue weighted by atomic mass is 35.5. The number of hydrogen-bond acceptors (Lipinski definition) is 1. The van der Waals surface area contributed by atoms with Crippen molar-refractivity contribution in [3.63, 3.8) is 0 Å². The van der Waals surface area contributed by atoms with Crippen molar-refractivity contribution in [2.75, 3.05) is 0 Å². The Balaban J connectivity index is 0.000000157. The number of halogens is 1. The normalized spacial score (nSPS) is 15.4. The summed E-state index contributed by atoms with van der Waals surface area (Å²) in [6.45, 7) is 2.28. The van der Waals surface area contributed by atoms with E-state index in [0.717, 1.165) is 17.9 Å². The topological polar surface area (TPSA) is 12.4 Å². The van der Waals surface area contributed by atoms with Crippen LogP contribution in [0.2, 0.25) is 5.02 Å². The third-order valence-corrected chi connectivity index (χ3v) is 6.86. The fourth-order valence-corrected chi connectivity index (χ4v) is 5.18. The second-order valence-electron chi connectivity index (χ2n) is 8.41. The molecular weight excluding hydrogens is 398 g/mol. The van der Waals surface area contributed by atoms with Crippen LogP contribution in [0.3, 0.4) is 0 Å². The highest BCUT2D eigenvalue weighted by Crippen LogP contribution is 2.21. The van der Waals surface area contributed by atoms with Crippen LogP contribution in [0.1, 0.15) is 42.0 Å². The summed E-state index contributed by atoms with van der Waals surface area (Å²) >= 11 is 6.34. The number of benzene rings is 3. The maximum atomic E-state index is 6.34. The van der Waals surface area contributed by atoms with Crippen LogP contribution < -0.4 is 10.4 Å². The van der Waals surface area contributed by atoms with Crippen molar-refractivity contribution in [1.29, 1.82) is 0 Å². The van der Waals surface area contributed by atoms with Gasteiger partial charge < -0.3 is 0 Å². The second-order valence-corrected chi connectivity index (χ2v) is 8.82.